The van der Waals surface area contributed by atoms with E-state index in [-0.39, 0.29) is 0 Å². The van der Waals surface area contributed by atoms with E-state index in [9.17, 15) is 0 Å². The van der Waals surface area contributed by atoms with E-state index >= 15 is 0 Å². The zero-order valence-corrected chi connectivity index (χ0v) is 11.2. The van der Waals surface area contributed by atoms with E-state index in [1.165, 1.54) is 11.8 Å². The third kappa shape index (κ3) is 2.46. The summed E-state index contributed by atoms with van der Waals surface area (Å²) in [5, 5.41) is 13.7. The molecule has 18 heavy (non-hydrogen) atoms. The molecular formula is C11H10N4OS2. The van der Waals surface area contributed by atoms with Crippen LogP contribution in [0.2, 0.25) is 0 Å². The van der Waals surface area contributed by atoms with E-state index in [0.29, 0.717) is 10.9 Å². The van der Waals surface area contributed by atoms with Crippen LogP contribution in [0.15, 0.2) is 33.3 Å². The lowest BCUT2D eigenvalue weighted by atomic mass is 10.4. The summed E-state index contributed by atoms with van der Waals surface area (Å²) in [6, 6.07) is 5.92. The molecule has 0 fully saturated rings. The molecule has 0 aliphatic rings. The average Bonchev–Trinajstić information content (AvgIpc) is 3.07. The normalized spacial score (nSPS) is 10.9. The van der Waals surface area contributed by atoms with Gasteiger partial charge in [0.15, 0.2) is 5.82 Å². The minimum Gasteiger partial charge on any atom is -0.360 e. The van der Waals surface area contributed by atoms with Crippen molar-refractivity contribution < 1.29 is 4.52 Å². The Labute approximate surface area is 112 Å². The number of nitrogens with zero attached hydrogens (tertiary/aromatic N) is 3. The van der Waals surface area contributed by atoms with Crippen molar-refractivity contribution in [2.75, 3.05) is 0 Å². The minimum atomic E-state index is 0.683. The first-order chi connectivity index (χ1) is 8.81. The highest BCUT2D eigenvalue weighted by Gasteiger charge is 2.08. The zero-order valence-electron chi connectivity index (χ0n) is 9.58. The van der Waals surface area contributed by atoms with Crippen LogP contribution in [-0.4, -0.2) is 20.3 Å². The smallest absolute Gasteiger partial charge is 0.209 e. The van der Waals surface area contributed by atoms with Gasteiger partial charge in [-0.3, -0.25) is 5.10 Å². The Morgan fingerprint density at radius 2 is 2.44 bits per heavy atom. The highest BCUT2D eigenvalue weighted by atomic mass is 32.2. The van der Waals surface area contributed by atoms with Crippen molar-refractivity contribution in [1.82, 2.24) is 20.3 Å². The summed E-state index contributed by atoms with van der Waals surface area (Å²) in [6.07, 6.45) is 0. The standard InChI is InChI=1S/C11H10N4OS2/c1-7-5-8(16-15-7)6-18-11-12-10(13-14-11)9-3-2-4-17-9/h2-5H,6H2,1H3,(H,12,13,14). The summed E-state index contributed by atoms with van der Waals surface area (Å²) in [4.78, 5) is 5.51. The van der Waals surface area contributed by atoms with Crippen molar-refractivity contribution in [3.05, 3.63) is 35.0 Å². The van der Waals surface area contributed by atoms with Crippen LogP contribution in [0.1, 0.15) is 11.5 Å². The first kappa shape index (κ1) is 11.5. The van der Waals surface area contributed by atoms with Crippen molar-refractivity contribution >= 4 is 23.1 Å². The van der Waals surface area contributed by atoms with Crippen LogP contribution in [0.25, 0.3) is 10.7 Å². The second-order valence-electron chi connectivity index (χ2n) is 3.67. The van der Waals surface area contributed by atoms with E-state index in [0.717, 1.165) is 22.2 Å². The number of aromatic nitrogens is 4. The summed E-state index contributed by atoms with van der Waals surface area (Å²) in [5.41, 5.74) is 0.889. The number of nitrogens with one attached hydrogen (secondary N) is 1. The fourth-order valence-electron chi connectivity index (χ4n) is 1.45. The van der Waals surface area contributed by atoms with Crippen LogP contribution in [0.3, 0.4) is 0 Å². The summed E-state index contributed by atoms with van der Waals surface area (Å²) in [5.74, 6) is 2.32. The van der Waals surface area contributed by atoms with E-state index in [2.05, 4.69) is 20.3 Å². The number of aryl methyl sites for hydroxylation is 1. The molecule has 0 spiro atoms. The van der Waals surface area contributed by atoms with Crippen molar-refractivity contribution in [2.45, 2.75) is 17.8 Å². The second kappa shape index (κ2) is 4.95. The lowest BCUT2D eigenvalue weighted by Crippen LogP contribution is -1.78. The molecule has 0 atom stereocenters. The monoisotopic (exact) mass is 278 g/mol. The quantitative estimate of drug-likeness (QED) is 0.743. The van der Waals surface area contributed by atoms with Crippen molar-refractivity contribution in [3.8, 4) is 10.7 Å². The molecule has 0 unspecified atom stereocenters. The number of hydrogen-bond donors (Lipinski definition) is 1. The van der Waals surface area contributed by atoms with Gasteiger partial charge in [-0.15, -0.1) is 16.4 Å². The predicted molar refractivity (Wildman–Crippen MR) is 70.5 cm³/mol. The summed E-state index contributed by atoms with van der Waals surface area (Å²) in [7, 11) is 0. The van der Waals surface area contributed by atoms with Gasteiger partial charge in [0.1, 0.15) is 5.76 Å². The number of thioether (sulfide) groups is 1. The fourth-order valence-corrected chi connectivity index (χ4v) is 2.79. The van der Waals surface area contributed by atoms with E-state index in [1.807, 2.05) is 30.5 Å². The number of thiophene rings is 1. The Morgan fingerprint density at radius 3 is 3.17 bits per heavy atom. The largest absolute Gasteiger partial charge is 0.360 e. The maximum Gasteiger partial charge on any atom is 0.209 e. The van der Waals surface area contributed by atoms with E-state index in [4.69, 9.17) is 4.52 Å². The summed E-state index contributed by atoms with van der Waals surface area (Å²) < 4.78 is 5.13. The van der Waals surface area contributed by atoms with Crippen LogP contribution in [0.4, 0.5) is 0 Å². The maximum atomic E-state index is 5.13. The lowest BCUT2D eigenvalue weighted by molar-refractivity contribution is 0.391. The maximum absolute atomic E-state index is 5.13. The molecule has 3 heterocycles. The SMILES string of the molecule is Cc1cc(CSc2n[nH]c(-c3cccs3)n2)on1. The van der Waals surface area contributed by atoms with Gasteiger partial charge in [-0.05, 0) is 18.4 Å². The number of rotatable bonds is 4. The Bertz CT molecular complexity index is 629. The molecule has 1 N–H and O–H groups in total. The van der Waals surface area contributed by atoms with Gasteiger partial charge in [-0.1, -0.05) is 23.0 Å². The topological polar surface area (TPSA) is 67.6 Å². The first-order valence-corrected chi connectivity index (χ1v) is 7.19. The van der Waals surface area contributed by atoms with Gasteiger partial charge in [-0.2, -0.15) is 0 Å². The number of aromatic amines is 1. The Hall–Kier alpha value is -1.60. The first-order valence-electron chi connectivity index (χ1n) is 5.32. The van der Waals surface area contributed by atoms with Crippen LogP contribution in [0.5, 0.6) is 0 Å². The summed E-state index contributed by atoms with van der Waals surface area (Å²) >= 11 is 3.16. The number of hydrogen-bond acceptors (Lipinski definition) is 6. The molecule has 7 heteroatoms. The average molecular weight is 278 g/mol. The van der Waals surface area contributed by atoms with Gasteiger partial charge in [-0.25, -0.2) is 4.98 Å². The highest BCUT2D eigenvalue weighted by Crippen LogP contribution is 2.24. The van der Waals surface area contributed by atoms with Crippen LogP contribution in [-0.2, 0) is 5.75 Å². The molecule has 3 rings (SSSR count). The zero-order chi connectivity index (χ0) is 12.4. The van der Waals surface area contributed by atoms with Crippen LogP contribution in [0, 0.1) is 6.92 Å². The molecule has 0 bridgehead atoms. The molecular weight excluding hydrogens is 268 g/mol. The summed E-state index contributed by atoms with van der Waals surface area (Å²) in [6.45, 7) is 1.90. The van der Waals surface area contributed by atoms with Crippen LogP contribution < -0.4 is 0 Å². The van der Waals surface area contributed by atoms with Gasteiger partial charge < -0.3 is 4.52 Å². The molecule has 5 nitrogen and oxygen atoms in total. The van der Waals surface area contributed by atoms with Gasteiger partial charge in [0, 0.05) is 6.07 Å². The molecule has 0 aliphatic heterocycles. The molecule has 3 aromatic rings. The van der Waals surface area contributed by atoms with E-state index in [1.54, 1.807) is 11.3 Å². The third-order valence-electron chi connectivity index (χ3n) is 2.24. The molecule has 0 aromatic carbocycles. The predicted octanol–water partition coefficient (Wildman–Crippen LogP) is 3.12. The van der Waals surface area contributed by atoms with Gasteiger partial charge in [0.25, 0.3) is 0 Å². The molecule has 0 radical (unpaired) electrons. The molecule has 0 saturated heterocycles. The van der Waals surface area contributed by atoms with Crippen LogP contribution >= 0.6 is 23.1 Å². The number of H-pyrrole nitrogens is 1. The van der Waals surface area contributed by atoms with Crippen molar-refractivity contribution in [2.24, 2.45) is 0 Å². The van der Waals surface area contributed by atoms with Gasteiger partial charge in [0.05, 0.1) is 16.3 Å². The van der Waals surface area contributed by atoms with Gasteiger partial charge in [0.2, 0.25) is 5.16 Å². The van der Waals surface area contributed by atoms with E-state index < -0.39 is 0 Å². The highest BCUT2D eigenvalue weighted by molar-refractivity contribution is 7.98. The molecule has 0 aliphatic carbocycles. The van der Waals surface area contributed by atoms with Crippen molar-refractivity contribution in [1.29, 1.82) is 0 Å². The molecule has 3 aromatic heterocycles. The Kier molecular flexibility index (Phi) is 3.16. The van der Waals surface area contributed by atoms with Crippen molar-refractivity contribution in [3.63, 3.8) is 0 Å². The lowest BCUT2D eigenvalue weighted by Gasteiger charge is -1.90. The fraction of sp³-hybridized carbons (Fsp3) is 0.182. The second-order valence-corrected chi connectivity index (χ2v) is 5.56. The molecule has 0 saturated carbocycles. The Balaban J connectivity index is 1.67. The molecule has 92 valence electrons. The third-order valence-corrected chi connectivity index (χ3v) is 3.99. The molecule has 0 amide bonds. The Morgan fingerprint density at radius 1 is 1.50 bits per heavy atom. The van der Waals surface area contributed by atoms with Gasteiger partial charge >= 0.3 is 0 Å². The minimum absolute atomic E-state index is 0.683.